The minimum absolute atomic E-state index is 0.0152. The van der Waals surface area contributed by atoms with Crippen LogP contribution >= 0.6 is 46.4 Å². The highest BCUT2D eigenvalue weighted by atomic mass is 35.5. The van der Waals surface area contributed by atoms with Gasteiger partial charge in [-0.3, -0.25) is 13.9 Å². The molecule has 3 aromatic rings. The highest BCUT2D eigenvalue weighted by molar-refractivity contribution is 7.92. The summed E-state index contributed by atoms with van der Waals surface area (Å²) in [6.45, 7) is 6.37. The van der Waals surface area contributed by atoms with E-state index in [1.165, 1.54) is 35.2 Å². The molecule has 1 N–H and O–H groups in total. The minimum Gasteiger partial charge on any atom is -0.352 e. The summed E-state index contributed by atoms with van der Waals surface area (Å²) in [4.78, 5) is 28.2. The van der Waals surface area contributed by atoms with Crippen LogP contribution in [0.2, 0.25) is 20.1 Å². The fraction of sp³-hybridized carbons (Fsp3) is 0.286. The minimum atomic E-state index is -4.23. The van der Waals surface area contributed by atoms with Gasteiger partial charge in [0.15, 0.2) is 0 Å². The van der Waals surface area contributed by atoms with Crippen molar-refractivity contribution in [3.05, 3.63) is 91.9 Å². The third-order valence-electron chi connectivity index (χ3n) is 6.01. The molecule has 0 aromatic heterocycles. The molecule has 214 valence electrons. The SMILES string of the molecule is Cc1ccc(S(=O)(=O)N(CC(=O)N(Cc2ccc(Cl)c(Cl)c2)[C@@H](C)C(=O)NC(C)C)c2ccc(Cl)c(Cl)c2)cc1. The molecule has 7 nitrogen and oxygen atoms in total. The Morgan fingerprint density at radius 2 is 1.40 bits per heavy atom. The topological polar surface area (TPSA) is 86.8 Å². The number of carbonyl (C=O) groups excluding carboxylic acids is 2. The Labute approximate surface area is 255 Å². The van der Waals surface area contributed by atoms with Crippen molar-refractivity contribution in [3.63, 3.8) is 0 Å². The summed E-state index contributed by atoms with van der Waals surface area (Å²) < 4.78 is 28.7. The first-order chi connectivity index (χ1) is 18.7. The van der Waals surface area contributed by atoms with Crippen LogP contribution in [0.15, 0.2) is 65.6 Å². The van der Waals surface area contributed by atoms with Gasteiger partial charge in [-0.05, 0) is 75.7 Å². The number of sulfonamides is 1. The highest BCUT2D eigenvalue weighted by Gasteiger charge is 2.33. The molecule has 3 aromatic carbocycles. The van der Waals surface area contributed by atoms with E-state index in [2.05, 4.69) is 5.32 Å². The molecule has 0 radical (unpaired) electrons. The summed E-state index contributed by atoms with van der Waals surface area (Å²) in [6.07, 6.45) is 0. The Kier molecular flexibility index (Phi) is 10.8. The van der Waals surface area contributed by atoms with Crippen LogP contribution < -0.4 is 9.62 Å². The van der Waals surface area contributed by atoms with Gasteiger partial charge in [-0.1, -0.05) is 70.2 Å². The van der Waals surface area contributed by atoms with Crippen LogP contribution in [0, 0.1) is 6.92 Å². The first-order valence-electron chi connectivity index (χ1n) is 12.3. The van der Waals surface area contributed by atoms with E-state index in [0.29, 0.717) is 10.6 Å². The van der Waals surface area contributed by atoms with Crippen molar-refractivity contribution in [1.29, 1.82) is 0 Å². The maximum Gasteiger partial charge on any atom is 0.264 e. The monoisotopic (exact) mass is 643 g/mol. The van der Waals surface area contributed by atoms with E-state index in [1.54, 1.807) is 51.1 Å². The molecule has 0 unspecified atom stereocenters. The van der Waals surface area contributed by atoms with Gasteiger partial charge in [-0.2, -0.15) is 0 Å². The summed E-state index contributed by atoms with van der Waals surface area (Å²) in [7, 11) is -4.23. The van der Waals surface area contributed by atoms with Crippen LogP contribution in [0.1, 0.15) is 31.9 Å². The zero-order chi connectivity index (χ0) is 29.8. The maximum absolute atomic E-state index is 13.9. The summed E-state index contributed by atoms with van der Waals surface area (Å²) in [6, 6.07) is 14.3. The van der Waals surface area contributed by atoms with Crippen molar-refractivity contribution in [2.75, 3.05) is 10.8 Å². The molecule has 3 rings (SSSR count). The van der Waals surface area contributed by atoms with Gasteiger partial charge < -0.3 is 10.2 Å². The average molecular weight is 645 g/mol. The summed E-state index contributed by atoms with van der Waals surface area (Å²) in [5.74, 6) is -1.02. The Morgan fingerprint density at radius 1 is 0.825 bits per heavy atom. The van der Waals surface area contributed by atoms with E-state index >= 15 is 0 Å². The number of anilines is 1. The van der Waals surface area contributed by atoms with Gasteiger partial charge in [-0.15, -0.1) is 0 Å². The predicted octanol–water partition coefficient (Wildman–Crippen LogP) is 6.75. The molecule has 2 amide bonds. The van der Waals surface area contributed by atoms with Crippen LogP contribution in [0.4, 0.5) is 5.69 Å². The van der Waals surface area contributed by atoms with Crippen LogP contribution in [0.25, 0.3) is 0 Å². The first kappa shape index (κ1) is 32.0. The first-order valence-corrected chi connectivity index (χ1v) is 15.2. The molecule has 0 spiro atoms. The number of nitrogens with zero attached hydrogens (tertiary/aromatic N) is 2. The molecule has 0 saturated heterocycles. The molecule has 0 heterocycles. The van der Waals surface area contributed by atoms with Gasteiger partial charge in [0.2, 0.25) is 11.8 Å². The number of nitrogens with one attached hydrogen (secondary N) is 1. The lowest BCUT2D eigenvalue weighted by molar-refractivity contribution is -0.139. The second-order valence-electron chi connectivity index (χ2n) is 9.53. The number of halogens is 4. The number of benzene rings is 3. The molecule has 0 fully saturated rings. The number of amides is 2. The molecule has 12 heteroatoms. The lowest BCUT2D eigenvalue weighted by Gasteiger charge is -2.32. The maximum atomic E-state index is 13.9. The van der Waals surface area contributed by atoms with E-state index in [0.717, 1.165) is 9.87 Å². The van der Waals surface area contributed by atoms with E-state index in [1.807, 2.05) is 6.92 Å². The van der Waals surface area contributed by atoms with E-state index in [4.69, 9.17) is 46.4 Å². The number of carbonyl (C=O) groups is 2. The standard InChI is InChI=1S/C28H29Cl4N3O4S/c1-17(2)33-28(37)19(4)34(15-20-7-11-23(29)25(31)13-20)27(36)16-35(21-8-12-24(30)26(32)14-21)40(38,39)22-9-5-18(3)6-10-22/h5-14,17,19H,15-16H2,1-4H3,(H,33,37)/t19-/m0/s1. The van der Waals surface area contributed by atoms with Gasteiger partial charge in [0.1, 0.15) is 12.6 Å². The molecule has 0 aliphatic rings. The smallest absolute Gasteiger partial charge is 0.264 e. The van der Waals surface area contributed by atoms with Crippen LogP contribution in [-0.2, 0) is 26.2 Å². The van der Waals surface area contributed by atoms with E-state index < -0.39 is 34.4 Å². The lowest BCUT2D eigenvalue weighted by Crippen LogP contribution is -2.52. The second-order valence-corrected chi connectivity index (χ2v) is 13.0. The van der Waals surface area contributed by atoms with Crippen molar-refractivity contribution in [2.24, 2.45) is 0 Å². The highest BCUT2D eigenvalue weighted by Crippen LogP contribution is 2.31. The summed E-state index contributed by atoms with van der Waals surface area (Å²) >= 11 is 24.6. The van der Waals surface area contributed by atoms with Gasteiger partial charge in [-0.25, -0.2) is 8.42 Å². The van der Waals surface area contributed by atoms with E-state index in [9.17, 15) is 18.0 Å². The predicted molar refractivity (Wildman–Crippen MR) is 162 cm³/mol. The van der Waals surface area contributed by atoms with Crippen molar-refractivity contribution >= 4 is 73.9 Å². The number of hydrogen-bond acceptors (Lipinski definition) is 4. The fourth-order valence-corrected chi connectivity index (χ4v) is 5.85. The van der Waals surface area contributed by atoms with Crippen molar-refractivity contribution in [2.45, 2.75) is 51.2 Å². The van der Waals surface area contributed by atoms with E-state index in [-0.39, 0.29) is 38.2 Å². The normalized spacial score (nSPS) is 12.2. The van der Waals surface area contributed by atoms with Crippen LogP contribution in [0.3, 0.4) is 0 Å². The fourth-order valence-electron chi connectivity index (χ4n) is 3.83. The molecule has 0 saturated carbocycles. The summed E-state index contributed by atoms with van der Waals surface area (Å²) in [5.41, 5.74) is 1.61. The molecule has 1 atom stereocenters. The van der Waals surface area contributed by atoms with Gasteiger partial charge in [0, 0.05) is 12.6 Å². The number of hydrogen-bond donors (Lipinski definition) is 1. The Bertz CT molecular complexity index is 1500. The third kappa shape index (κ3) is 7.83. The van der Waals surface area contributed by atoms with Crippen molar-refractivity contribution in [1.82, 2.24) is 10.2 Å². The molecule has 0 bridgehead atoms. The quantitative estimate of drug-likeness (QED) is 0.265. The van der Waals surface area contributed by atoms with Crippen molar-refractivity contribution < 1.29 is 18.0 Å². The zero-order valence-corrected chi connectivity index (χ0v) is 26.1. The molecule has 0 aliphatic heterocycles. The third-order valence-corrected chi connectivity index (χ3v) is 9.28. The van der Waals surface area contributed by atoms with Gasteiger partial charge >= 0.3 is 0 Å². The van der Waals surface area contributed by atoms with Crippen LogP contribution in [0.5, 0.6) is 0 Å². The van der Waals surface area contributed by atoms with Gasteiger partial charge in [0.05, 0.1) is 30.7 Å². The Hall–Kier alpha value is -2.49. The molecule has 40 heavy (non-hydrogen) atoms. The number of rotatable bonds is 10. The number of aryl methyl sites for hydroxylation is 1. The van der Waals surface area contributed by atoms with Gasteiger partial charge in [0.25, 0.3) is 10.0 Å². The molecular formula is C28H29Cl4N3O4S. The Morgan fingerprint density at radius 3 is 1.95 bits per heavy atom. The largest absolute Gasteiger partial charge is 0.352 e. The lowest BCUT2D eigenvalue weighted by atomic mass is 10.1. The Balaban J connectivity index is 2.07. The zero-order valence-electron chi connectivity index (χ0n) is 22.3. The molecular weight excluding hydrogens is 616 g/mol. The molecule has 0 aliphatic carbocycles. The van der Waals surface area contributed by atoms with Crippen LogP contribution in [-0.4, -0.2) is 43.8 Å². The average Bonchev–Trinajstić information content (AvgIpc) is 2.88. The van der Waals surface area contributed by atoms with Crippen molar-refractivity contribution in [3.8, 4) is 0 Å². The summed E-state index contributed by atoms with van der Waals surface area (Å²) in [5, 5.41) is 3.76. The second kappa shape index (κ2) is 13.4.